The summed E-state index contributed by atoms with van der Waals surface area (Å²) < 4.78 is 0. The zero-order chi connectivity index (χ0) is 10.8. The Morgan fingerprint density at radius 1 is 1.53 bits per heavy atom. The summed E-state index contributed by atoms with van der Waals surface area (Å²) in [6.07, 6.45) is 4.07. The molecule has 1 saturated carbocycles. The number of hydrogen-bond donors (Lipinski definition) is 1. The summed E-state index contributed by atoms with van der Waals surface area (Å²) in [6.45, 7) is 2.36. The van der Waals surface area contributed by atoms with Gasteiger partial charge in [-0.05, 0) is 36.8 Å². The van der Waals surface area contributed by atoms with Crippen LogP contribution in [0.3, 0.4) is 0 Å². The van der Waals surface area contributed by atoms with Crippen LogP contribution in [0.2, 0.25) is 5.02 Å². The van der Waals surface area contributed by atoms with E-state index < -0.39 is 0 Å². The molecule has 1 aromatic heterocycles. The summed E-state index contributed by atoms with van der Waals surface area (Å²) in [6, 6.07) is 2.46. The van der Waals surface area contributed by atoms with E-state index in [2.05, 4.69) is 17.6 Å². The number of halogens is 1. The smallest absolute Gasteiger partial charge is 0.0561 e. The quantitative estimate of drug-likeness (QED) is 0.843. The Labute approximate surface area is 101 Å². The first kappa shape index (κ1) is 11.4. The molecule has 84 valence electrons. The second kappa shape index (κ2) is 4.86. The van der Waals surface area contributed by atoms with Crippen molar-refractivity contribution < 1.29 is 0 Å². The fourth-order valence-corrected chi connectivity index (χ4v) is 4.10. The molecule has 0 radical (unpaired) electrons. The zero-order valence-electron chi connectivity index (χ0n) is 9.29. The highest BCUT2D eigenvalue weighted by Crippen LogP contribution is 2.43. The Hall–Kier alpha value is -0.0500. The minimum Gasteiger partial charge on any atom is -0.312 e. The van der Waals surface area contributed by atoms with Gasteiger partial charge in [0.25, 0.3) is 0 Å². The summed E-state index contributed by atoms with van der Waals surface area (Å²) >= 11 is 7.99. The first-order valence-electron chi connectivity index (χ1n) is 5.64. The van der Waals surface area contributed by atoms with Crippen LogP contribution in [0.5, 0.6) is 0 Å². The van der Waals surface area contributed by atoms with Gasteiger partial charge in [-0.25, -0.2) is 0 Å². The van der Waals surface area contributed by atoms with E-state index >= 15 is 0 Å². The van der Waals surface area contributed by atoms with Crippen molar-refractivity contribution in [1.29, 1.82) is 0 Å². The van der Waals surface area contributed by atoms with Crippen LogP contribution in [0, 0.1) is 11.8 Å². The molecule has 1 N–H and O–H groups in total. The lowest BCUT2D eigenvalue weighted by molar-refractivity contribution is 0.319. The Morgan fingerprint density at radius 3 is 2.80 bits per heavy atom. The minimum absolute atomic E-state index is 0.454. The fourth-order valence-electron chi connectivity index (χ4n) is 2.74. The Bertz CT molecular complexity index is 323. The zero-order valence-corrected chi connectivity index (χ0v) is 10.9. The van der Waals surface area contributed by atoms with E-state index in [1.165, 1.54) is 24.1 Å². The highest BCUT2D eigenvalue weighted by atomic mass is 35.5. The Morgan fingerprint density at radius 2 is 2.33 bits per heavy atom. The van der Waals surface area contributed by atoms with Crippen molar-refractivity contribution in [2.24, 2.45) is 11.8 Å². The van der Waals surface area contributed by atoms with Crippen molar-refractivity contribution in [3.8, 4) is 0 Å². The maximum absolute atomic E-state index is 6.21. The number of rotatable bonds is 3. The maximum Gasteiger partial charge on any atom is 0.0561 e. The van der Waals surface area contributed by atoms with Gasteiger partial charge in [-0.1, -0.05) is 31.4 Å². The van der Waals surface area contributed by atoms with Gasteiger partial charge in [0.05, 0.1) is 5.02 Å². The molecule has 1 aliphatic carbocycles. The van der Waals surface area contributed by atoms with Gasteiger partial charge < -0.3 is 5.32 Å². The van der Waals surface area contributed by atoms with Gasteiger partial charge in [0.15, 0.2) is 0 Å². The second-order valence-electron chi connectivity index (χ2n) is 4.47. The lowest BCUT2D eigenvalue weighted by Gasteiger charge is -2.26. The molecule has 1 nitrogen and oxygen atoms in total. The average Bonchev–Trinajstić information content (AvgIpc) is 2.80. The van der Waals surface area contributed by atoms with Gasteiger partial charge in [0.1, 0.15) is 0 Å². The molecular weight excluding hydrogens is 226 g/mol. The fraction of sp³-hybridized carbons (Fsp3) is 0.667. The van der Waals surface area contributed by atoms with Crippen LogP contribution in [0.1, 0.15) is 37.1 Å². The topological polar surface area (TPSA) is 12.0 Å². The van der Waals surface area contributed by atoms with Gasteiger partial charge in [0, 0.05) is 10.9 Å². The van der Waals surface area contributed by atoms with Crippen LogP contribution in [-0.4, -0.2) is 7.05 Å². The van der Waals surface area contributed by atoms with Gasteiger partial charge in [-0.2, -0.15) is 0 Å². The molecule has 0 amide bonds. The van der Waals surface area contributed by atoms with E-state index in [9.17, 15) is 0 Å². The van der Waals surface area contributed by atoms with Crippen LogP contribution < -0.4 is 5.32 Å². The summed E-state index contributed by atoms with van der Waals surface area (Å²) in [7, 11) is 2.05. The third-order valence-corrected chi connectivity index (χ3v) is 5.04. The van der Waals surface area contributed by atoms with E-state index in [1.807, 2.05) is 13.1 Å². The molecule has 3 atom stereocenters. The lowest BCUT2D eigenvalue weighted by Crippen LogP contribution is -2.26. The summed E-state index contributed by atoms with van der Waals surface area (Å²) in [5, 5.41) is 6.46. The molecule has 0 saturated heterocycles. The molecule has 1 heterocycles. The Balaban J connectivity index is 2.20. The van der Waals surface area contributed by atoms with Crippen molar-refractivity contribution in [1.82, 2.24) is 5.32 Å². The molecular formula is C12H18ClNS. The van der Waals surface area contributed by atoms with Gasteiger partial charge in [-0.15, -0.1) is 11.3 Å². The molecule has 1 fully saturated rings. The number of nitrogens with one attached hydrogen (secondary N) is 1. The van der Waals surface area contributed by atoms with E-state index in [0.29, 0.717) is 6.04 Å². The molecule has 0 bridgehead atoms. The molecule has 1 aliphatic rings. The molecule has 3 heteroatoms. The van der Waals surface area contributed by atoms with Crippen molar-refractivity contribution in [2.75, 3.05) is 7.05 Å². The second-order valence-corrected chi connectivity index (χ2v) is 5.83. The predicted octanol–water partition coefficient (Wildman–Crippen LogP) is 4.10. The summed E-state index contributed by atoms with van der Waals surface area (Å²) in [5.41, 5.74) is 0. The van der Waals surface area contributed by atoms with E-state index in [4.69, 9.17) is 11.6 Å². The average molecular weight is 244 g/mol. The highest BCUT2D eigenvalue weighted by Gasteiger charge is 2.32. The van der Waals surface area contributed by atoms with Crippen LogP contribution >= 0.6 is 22.9 Å². The number of hydrogen-bond acceptors (Lipinski definition) is 2. The summed E-state index contributed by atoms with van der Waals surface area (Å²) in [4.78, 5) is 1.32. The monoisotopic (exact) mass is 243 g/mol. The largest absolute Gasteiger partial charge is 0.312 e. The SMILES string of the molecule is CNC(c1sccc1Cl)C1CCCC1C. The normalized spacial score (nSPS) is 28.2. The number of thiophene rings is 1. The van der Waals surface area contributed by atoms with Crippen LogP contribution in [0.15, 0.2) is 11.4 Å². The summed E-state index contributed by atoms with van der Waals surface area (Å²) in [5.74, 6) is 1.58. The van der Waals surface area contributed by atoms with Crippen molar-refractivity contribution in [3.05, 3.63) is 21.3 Å². The van der Waals surface area contributed by atoms with E-state index in [-0.39, 0.29) is 0 Å². The molecule has 15 heavy (non-hydrogen) atoms. The van der Waals surface area contributed by atoms with E-state index in [1.54, 1.807) is 11.3 Å². The van der Waals surface area contributed by atoms with Crippen LogP contribution in [-0.2, 0) is 0 Å². The van der Waals surface area contributed by atoms with Crippen molar-refractivity contribution in [2.45, 2.75) is 32.2 Å². The van der Waals surface area contributed by atoms with Crippen LogP contribution in [0.25, 0.3) is 0 Å². The van der Waals surface area contributed by atoms with Gasteiger partial charge in [0.2, 0.25) is 0 Å². The molecule has 2 rings (SSSR count). The van der Waals surface area contributed by atoms with Crippen LogP contribution in [0.4, 0.5) is 0 Å². The third kappa shape index (κ3) is 2.22. The maximum atomic E-state index is 6.21. The minimum atomic E-state index is 0.454. The molecule has 3 unspecified atom stereocenters. The van der Waals surface area contributed by atoms with Gasteiger partial charge in [-0.3, -0.25) is 0 Å². The Kier molecular flexibility index (Phi) is 3.70. The molecule has 1 aromatic rings. The first-order valence-corrected chi connectivity index (χ1v) is 6.90. The lowest BCUT2D eigenvalue weighted by atomic mass is 9.89. The van der Waals surface area contributed by atoms with Crippen molar-refractivity contribution in [3.63, 3.8) is 0 Å². The standard InChI is InChI=1S/C12H18ClNS/c1-8-4-3-5-9(8)11(14-2)12-10(13)6-7-15-12/h6-9,11,14H,3-5H2,1-2H3. The highest BCUT2D eigenvalue weighted by molar-refractivity contribution is 7.10. The first-order chi connectivity index (χ1) is 7.24. The van der Waals surface area contributed by atoms with Crippen molar-refractivity contribution >= 4 is 22.9 Å². The van der Waals surface area contributed by atoms with Gasteiger partial charge >= 0.3 is 0 Å². The molecule has 0 spiro atoms. The predicted molar refractivity (Wildman–Crippen MR) is 67.6 cm³/mol. The molecule has 0 aliphatic heterocycles. The molecule has 0 aromatic carbocycles. The van der Waals surface area contributed by atoms with E-state index in [0.717, 1.165) is 16.9 Å². The third-order valence-electron chi connectivity index (χ3n) is 3.59.